The molecule has 2 aromatic carbocycles. The number of pyridine rings is 2. The highest BCUT2D eigenvalue weighted by atomic mass is 31.2. The maximum Gasteiger partial charge on any atom is 0.147 e. The average molecular weight is 370 g/mol. The summed E-state index contributed by atoms with van der Waals surface area (Å²) >= 11 is 0. The van der Waals surface area contributed by atoms with Crippen LogP contribution in [0.5, 0.6) is 0 Å². The van der Waals surface area contributed by atoms with Crippen molar-refractivity contribution in [3.63, 3.8) is 0 Å². The van der Waals surface area contributed by atoms with E-state index in [0.717, 1.165) is 27.4 Å². The molecule has 0 saturated carbocycles. The van der Waals surface area contributed by atoms with Gasteiger partial charge in [-0.2, -0.15) is 0 Å². The van der Waals surface area contributed by atoms with Crippen LogP contribution in [-0.2, 0) is 10.7 Å². The van der Waals surface area contributed by atoms with Crippen LogP contribution in [0.2, 0.25) is 0 Å². The molecule has 4 aromatic rings. The second-order valence-corrected chi connectivity index (χ2v) is 9.15. The lowest BCUT2D eigenvalue weighted by atomic mass is 10.1. The zero-order valence-corrected chi connectivity index (χ0v) is 15.7. The lowest BCUT2D eigenvalue weighted by molar-refractivity contribution is 0.586. The molecule has 2 heterocycles. The Morgan fingerprint density at radius 2 is 1.33 bits per heavy atom. The summed E-state index contributed by atoms with van der Waals surface area (Å²) in [7, 11) is -2.85. The van der Waals surface area contributed by atoms with Gasteiger partial charge in [0.2, 0.25) is 0 Å². The summed E-state index contributed by atoms with van der Waals surface area (Å²) in [4.78, 5) is 8.77. The number of nitrogens with zero attached hydrogens (tertiary/aromatic N) is 2. The van der Waals surface area contributed by atoms with Gasteiger partial charge in [-0.05, 0) is 23.8 Å². The van der Waals surface area contributed by atoms with Crippen molar-refractivity contribution in [3.05, 3.63) is 109 Å². The number of hydrogen-bond acceptors (Lipinski definition) is 3. The van der Waals surface area contributed by atoms with Gasteiger partial charge in [-0.1, -0.05) is 66.7 Å². The van der Waals surface area contributed by atoms with Gasteiger partial charge in [-0.3, -0.25) is 9.97 Å². The quantitative estimate of drug-likeness (QED) is 0.480. The molecule has 0 saturated heterocycles. The Balaban J connectivity index is 1.85. The molecule has 0 bridgehead atoms. The molecule has 27 heavy (non-hydrogen) atoms. The van der Waals surface area contributed by atoms with E-state index < -0.39 is 7.14 Å². The van der Waals surface area contributed by atoms with Crippen LogP contribution in [-0.4, -0.2) is 9.97 Å². The normalized spacial score (nSPS) is 11.3. The lowest BCUT2D eigenvalue weighted by Crippen LogP contribution is -2.17. The molecule has 0 aliphatic heterocycles. The molecule has 0 spiro atoms. The summed E-state index contributed by atoms with van der Waals surface area (Å²) in [6.45, 7) is 0. The standard InChI is InChI=1S/C23H19N2OP/c26-27(21-11-3-1-4-12-21,22-13-5-2-6-14-22)18-20-10-8-16-25-23(20)19-9-7-15-24-17-19/h1-17H,18H2. The van der Waals surface area contributed by atoms with Gasteiger partial charge < -0.3 is 4.57 Å². The van der Waals surface area contributed by atoms with Gasteiger partial charge in [-0.25, -0.2) is 0 Å². The van der Waals surface area contributed by atoms with E-state index in [-0.39, 0.29) is 0 Å². The predicted octanol–water partition coefficient (Wildman–Crippen LogP) is 4.66. The largest absolute Gasteiger partial charge is 0.313 e. The van der Waals surface area contributed by atoms with E-state index in [4.69, 9.17) is 0 Å². The van der Waals surface area contributed by atoms with Crippen molar-refractivity contribution in [2.75, 3.05) is 0 Å². The molecule has 132 valence electrons. The minimum absolute atomic E-state index is 0.416. The Morgan fingerprint density at radius 3 is 1.93 bits per heavy atom. The number of rotatable bonds is 5. The van der Waals surface area contributed by atoms with Crippen molar-refractivity contribution in [3.8, 4) is 11.3 Å². The second kappa shape index (κ2) is 7.69. The van der Waals surface area contributed by atoms with Gasteiger partial charge in [0.25, 0.3) is 0 Å². The lowest BCUT2D eigenvalue weighted by Gasteiger charge is -2.20. The van der Waals surface area contributed by atoms with Crippen LogP contribution in [0.15, 0.2) is 104 Å². The monoisotopic (exact) mass is 370 g/mol. The zero-order valence-electron chi connectivity index (χ0n) is 14.8. The first-order chi connectivity index (χ1) is 13.3. The summed E-state index contributed by atoms with van der Waals surface area (Å²) in [6.07, 6.45) is 5.72. The molecule has 0 aliphatic carbocycles. The second-order valence-electron chi connectivity index (χ2n) is 6.32. The molecule has 0 amide bonds. The van der Waals surface area contributed by atoms with Crippen LogP contribution in [0.4, 0.5) is 0 Å². The van der Waals surface area contributed by atoms with Crippen molar-refractivity contribution < 1.29 is 4.57 Å². The maximum absolute atomic E-state index is 14.3. The third kappa shape index (κ3) is 3.60. The van der Waals surface area contributed by atoms with Gasteiger partial charge in [0.1, 0.15) is 7.14 Å². The van der Waals surface area contributed by atoms with Crippen LogP contribution in [0, 0.1) is 0 Å². The smallest absolute Gasteiger partial charge is 0.147 e. The predicted molar refractivity (Wildman–Crippen MR) is 111 cm³/mol. The van der Waals surface area contributed by atoms with Gasteiger partial charge >= 0.3 is 0 Å². The first kappa shape index (κ1) is 17.4. The van der Waals surface area contributed by atoms with Crippen LogP contribution >= 0.6 is 7.14 Å². The summed E-state index contributed by atoms with van der Waals surface area (Å²) in [5.74, 6) is 0. The number of benzene rings is 2. The molecule has 0 fully saturated rings. The van der Waals surface area contributed by atoms with Crippen molar-refractivity contribution >= 4 is 17.8 Å². The number of aromatic nitrogens is 2. The SMILES string of the molecule is O=P(Cc1cccnc1-c1cccnc1)(c1ccccc1)c1ccccc1. The van der Waals surface area contributed by atoms with E-state index >= 15 is 0 Å². The first-order valence-electron chi connectivity index (χ1n) is 8.82. The van der Waals surface area contributed by atoms with Crippen molar-refractivity contribution in [2.45, 2.75) is 6.16 Å². The van der Waals surface area contributed by atoms with Crippen LogP contribution in [0.25, 0.3) is 11.3 Å². The van der Waals surface area contributed by atoms with Crippen LogP contribution < -0.4 is 10.6 Å². The molecule has 0 N–H and O–H groups in total. The molecule has 0 radical (unpaired) electrons. The maximum atomic E-state index is 14.3. The number of hydrogen-bond donors (Lipinski definition) is 0. The third-order valence-corrected chi connectivity index (χ3v) is 7.62. The van der Waals surface area contributed by atoms with Gasteiger partial charge in [0.15, 0.2) is 0 Å². The Kier molecular flexibility index (Phi) is 4.95. The Labute approximate surface area is 159 Å². The Bertz CT molecular complexity index is 1020. The first-order valence-corrected chi connectivity index (χ1v) is 10.7. The molecular weight excluding hydrogens is 351 g/mol. The zero-order chi connectivity index (χ0) is 18.5. The van der Waals surface area contributed by atoms with Crippen molar-refractivity contribution in [1.29, 1.82) is 0 Å². The topological polar surface area (TPSA) is 42.9 Å². The van der Waals surface area contributed by atoms with E-state index in [1.54, 1.807) is 18.6 Å². The Hall–Kier alpha value is -3.03. The fraction of sp³-hybridized carbons (Fsp3) is 0.0435. The highest BCUT2D eigenvalue weighted by Crippen LogP contribution is 2.48. The van der Waals surface area contributed by atoms with Gasteiger partial charge in [0, 0.05) is 40.9 Å². The van der Waals surface area contributed by atoms with Crippen LogP contribution in [0.1, 0.15) is 5.56 Å². The van der Waals surface area contributed by atoms with Crippen LogP contribution in [0.3, 0.4) is 0 Å². The fourth-order valence-corrected chi connectivity index (χ4v) is 5.94. The molecule has 0 unspecified atom stereocenters. The van der Waals surface area contributed by atoms with Gasteiger partial charge in [0.05, 0.1) is 5.69 Å². The Morgan fingerprint density at radius 1 is 0.704 bits per heavy atom. The van der Waals surface area contributed by atoms with E-state index in [1.807, 2.05) is 84.9 Å². The van der Waals surface area contributed by atoms with Crippen molar-refractivity contribution in [1.82, 2.24) is 9.97 Å². The molecule has 4 rings (SSSR count). The van der Waals surface area contributed by atoms with E-state index in [1.165, 1.54) is 0 Å². The average Bonchev–Trinajstić information content (AvgIpc) is 2.76. The molecule has 0 atom stereocenters. The summed E-state index contributed by atoms with van der Waals surface area (Å²) in [5, 5.41) is 1.72. The highest BCUT2D eigenvalue weighted by molar-refractivity contribution is 7.78. The minimum atomic E-state index is -2.85. The molecule has 4 heteroatoms. The summed E-state index contributed by atoms with van der Waals surface area (Å²) in [6, 6.07) is 27.2. The van der Waals surface area contributed by atoms with E-state index in [2.05, 4.69) is 9.97 Å². The molecular formula is C23H19N2OP. The van der Waals surface area contributed by atoms with E-state index in [0.29, 0.717) is 6.16 Å². The van der Waals surface area contributed by atoms with E-state index in [9.17, 15) is 4.57 Å². The summed E-state index contributed by atoms with van der Waals surface area (Å²) in [5.41, 5.74) is 2.72. The van der Waals surface area contributed by atoms with Crippen molar-refractivity contribution in [2.24, 2.45) is 0 Å². The van der Waals surface area contributed by atoms with Gasteiger partial charge in [-0.15, -0.1) is 0 Å². The molecule has 0 aliphatic rings. The fourth-order valence-electron chi connectivity index (χ4n) is 3.24. The minimum Gasteiger partial charge on any atom is -0.313 e. The summed E-state index contributed by atoms with van der Waals surface area (Å²) < 4.78 is 14.3. The third-order valence-electron chi connectivity index (χ3n) is 4.57. The molecule has 3 nitrogen and oxygen atoms in total. The highest BCUT2D eigenvalue weighted by Gasteiger charge is 2.28. The molecule has 2 aromatic heterocycles.